The second-order valence-corrected chi connectivity index (χ2v) is 7.68. The Morgan fingerprint density at radius 1 is 1.33 bits per heavy atom. The van der Waals surface area contributed by atoms with Crippen molar-refractivity contribution < 1.29 is 0 Å². The molecule has 1 aromatic carbocycles. The zero-order valence-electron chi connectivity index (χ0n) is 13.0. The highest BCUT2D eigenvalue weighted by Crippen LogP contribution is 2.28. The molecule has 0 bridgehead atoms. The van der Waals surface area contributed by atoms with Gasteiger partial charge in [0.15, 0.2) is 5.13 Å². The maximum absolute atomic E-state index is 5.80. The topological polar surface area (TPSA) is 42.2 Å². The molecular weight excluding hydrogens is 278 g/mol. The summed E-state index contributed by atoms with van der Waals surface area (Å²) in [5, 5.41) is 0.664. The van der Waals surface area contributed by atoms with E-state index in [1.807, 2.05) is 0 Å². The monoisotopic (exact) mass is 303 g/mol. The van der Waals surface area contributed by atoms with Gasteiger partial charge < -0.3 is 5.73 Å². The molecule has 0 atom stereocenters. The highest BCUT2D eigenvalue weighted by molar-refractivity contribution is 7.22. The lowest BCUT2D eigenvalue weighted by molar-refractivity contribution is 0.168. The summed E-state index contributed by atoms with van der Waals surface area (Å²) in [6.45, 7) is 6.87. The number of nitrogens with zero attached hydrogens (tertiary/aromatic N) is 2. The first-order valence-corrected chi connectivity index (χ1v) is 8.82. The number of nitrogens with two attached hydrogens (primary N) is 1. The maximum atomic E-state index is 5.80. The van der Waals surface area contributed by atoms with Crippen molar-refractivity contribution in [2.24, 2.45) is 5.92 Å². The quantitative estimate of drug-likeness (QED) is 0.896. The van der Waals surface area contributed by atoms with Gasteiger partial charge in [-0.1, -0.05) is 44.1 Å². The Hall–Kier alpha value is -1.13. The Labute approximate surface area is 131 Å². The van der Waals surface area contributed by atoms with E-state index in [0.29, 0.717) is 11.0 Å². The summed E-state index contributed by atoms with van der Waals surface area (Å²) in [4.78, 5) is 7.03. The molecule has 21 heavy (non-hydrogen) atoms. The van der Waals surface area contributed by atoms with Crippen LogP contribution in [0.3, 0.4) is 0 Å². The predicted octanol–water partition coefficient (Wildman–Crippen LogP) is 4.28. The van der Waals surface area contributed by atoms with Gasteiger partial charge in [0.05, 0.1) is 10.2 Å². The zero-order valence-corrected chi connectivity index (χ0v) is 13.8. The van der Waals surface area contributed by atoms with Gasteiger partial charge in [-0.05, 0) is 36.5 Å². The normalized spacial score (nSPS) is 16.6. The van der Waals surface area contributed by atoms with E-state index in [9.17, 15) is 0 Å². The summed E-state index contributed by atoms with van der Waals surface area (Å²) in [7, 11) is 0. The number of rotatable bonds is 5. The first-order chi connectivity index (χ1) is 10.1. The van der Waals surface area contributed by atoms with Gasteiger partial charge in [0.1, 0.15) is 0 Å². The molecule has 0 amide bonds. The zero-order chi connectivity index (χ0) is 14.8. The van der Waals surface area contributed by atoms with Crippen molar-refractivity contribution in [2.45, 2.75) is 52.1 Å². The van der Waals surface area contributed by atoms with Crippen LogP contribution >= 0.6 is 11.3 Å². The molecule has 0 spiro atoms. The number of hydrogen-bond acceptors (Lipinski definition) is 4. The second-order valence-electron chi connectivity index (χ2n) is 6.62. The smallest absolute Gasteiger partial charge is 0.181 e. The molecule has 1 fully saturated rings. The molecule has 114 valence electrons. The SMILES string of the molecule is CC(C)CN(Cc1ccc2nc(N)sc2c1)C1CCCC1. The molecule has 3 nitrogen and oxygen atoms in total. The Morgan fingerprint density at radius 3 is 2.81 bits per heavy atom. The molecule has 1 aliphatic rings. The van der Waals surface area contributed by atoms with Crippen LogP contribution in [0.4, 0.5) is 5.13 Å². The highest BCUT2D eigenvalue weighted by Gasteiger charge is 2.23. The van der Waals surface area contributed by atoms with E-state index in [1.54, 1.807) is 11.3 Å². The summed E-state index contributed by atoms with van der Waals surface area (Å²) in [5.41, 5.74) is 8.22. The van der Waals surface area contributed by atoms with E-state index in [0.717, 1.165) is 18.1 Å². The van der Waals surface area contributed by atoms with Gasteiger partial charge in [-0.15, -0.1) is 0 Å². The third kappa shape index (κ3) is 3.55. The molecule has 2 N–H and O–H groups in total. The third-order valence-corrected chi connectivity index (χ3v) is 5.14. The van der Waals surface area contributed by atoms with Gasteiger partial charge in [0.25, 0.3) is 0 Å². The van der Waals surface area contributed by atoms with Crippen LogP contribution in [0, 0.1) is 5.92 Å². The first-order valence-electron chi connectivity index (χ1n) is 8.01. The maximum Gasteiger partial charge on any atom is 0.181 e. The van der Waals surface area contributed by atoms with E-state index in [2.05, 4.69) is 41.9 Å². The van der Waals surface area contributed by atoms with Crippen LogP contribution in [0.15, 0.2) is 18.2 Å². The molecule has 0 unspecified atom stereocenters. The minimum atomic E-state index is 0.664. The van der Waals surface area contributed by atoms with Crippen LogP contribution in [-0.2, 0) is 6.54 Å². The van der Waals surface area contributed by atoms with Crippen LogP contribution in [0.1, 0.15) is 45.1 Å². The standard InChI is InChI=1S/C17H25N3S/c1-12(2)10-20(14-5-3-4-6-14)11-13-7-8-15-16(9-13)21-17(18)19-15/h7-9,12,14H,3-6,10-11H2,1-2H3,(H2,18,19). The lowest BCUT2D eigenvalue weighted by Crippen LogP contribution is -2.35. The predicted molar refractivity (Wildman–Crippen MR) is 91.5 cm³/mol. The minimum absolute atomic E-state index is 0.664. The van der Waals surface area contributed by atoms with Crippen molar-refractivity contribution in [1.82, 2.24) is 9.88 Å². The van der Waals surface area contributed by atoms with Gasteiger partial charge >= 0.3 is 0 Å². The number of hydrogen-bond donors (Lipinski definition) is 1. The van der Waals surface area contributed by atoms with Crippen molar-refractivity contribution in [3.63, 3.8) is 0 Å². The molecule has 1 saturated carbocycles. The average molecular weight is 303 g/mol. The molecule has 0 radical (unpaired) electrons. The molecule has 0 saturated heterocycles. The van der Waals surface area contributed by atoms with Crippen molar-refractivity contribution in [2.75, 3.05) is 12.3 Å². The van der Waals surface area contributed by atoms with Crippen LogP contribution in [-0.4, -0.2) is 22.5 Å². The minimum Gasteiger partial charge on any atom is -0.375 e. The highest BCUT2D eigenvalue weighted by atomic mass is 32.1. The van der Waals surface area contributed by atoms with Gasteiger partial charge in [0.2, 0.25) is 0 Å². The molecule has 2 aromatic rings. The number of thiazole rings is 1. The number of nitrogen functional groups attached to an aromatic ring is 1. The summed E-state index contributed by atoms with van der Waals surface area (Å²) in [5.74, 6) is 0.716. The van der Waals surface area contributed by atoms with Crippen molar-refractivity contribution >= 4 is 26.7 Å². The molecule has 1 aromatic heterocycles. The molecular formula is C17H25N3S. The first kappa shape index (κ1) is 14.8. The van der Waals surface area contributed by atoms with Crippen LogP contribution in [0.2, 0.25) is 0 Å². The fraction of sp³-hybridized carbons (Fsp3) is 0.588. The van der Waals surface area contributed by atoms with Crippen molar-refractivity contribution in [3.8, 4) is 0 Å². The van der Waals surface area contributed by atoms with Gasteiger partial charge in [-0.3, -0.25) is 4.90 Å². The summed E-state index contributed by atoms with van der Waals surface area (Å²) in [6, 6.07) is 7.37. The van der Waals surface area contributed by atoms with Crippen molar-refractivity contribution in [1.29, 1.82) is 0 Å². The molecule has 4 heteroatoms. The van der Waals surface area contributed by atoms with E-state index in [-0.39, 0.29) is 0 Å². The Kier molecular flexibility index (Phi) is 4.45. The lowest BCUT2D eigenvalue weighted by Gasteiger charge is -2.30. The van der Waals surface area contributed by atoms with Gasteiger partial charge in [-0.2, -0.15) is 0 Å². The molecule has 1 heterocycles. The van der Waals surface area contributed by atoms with Gasteiger partial charge in [0, 0.05) is 19.1 Å². The van der Waals surface area contributed by atoms with E-state index >= 15 is 0 Å². The molecule has 3 rings (SSSR count). The molecule has 1 aliphatic carbocycles. The van der Waals surface area contributed by atoms with E-state index in [1.165, 1.54) is 42.5 Å². The number of aromatic nitrogens is 1. The van der Waals surface area contributed by atoms with Crippen molar-refractivity contribution in [3.05, 3.63) is 23.8 Å². The Bertz CT molecular complexity index is 599. The van der Waals surface area contributed by atoms with Crippen LogP contribution in [0.25, 0.3) is 10.2 Å². The number of anilines is 1. The fourth-order valence-corrected chi connectivity index (χ4v) is 4.20. The summed E-state index contributed by atoms with van der Waals surface area (Å²) < 4.78 is 1.21. The molecule has 0 aliphatic heterocycles. The van der Waals surface area contributed by atoms with Gasteiger partial charge in [-0.25, -0.2) is 4.98 Å². The Morgan fingerprint density at radius 2 is 2.10 bits per heavy atom. The van der Waals surface area contributed by atoms with Crippen LogP contribution in [0.5, 0.6) is 0 Å². The van der Waals surface area contributed by atoms with Crippen LogP contribution < -0.4 is 5.73 Å². The number of benzene rings is 1. The Balaban J connectivity index is 1.78. The largest absolute Gasteiger partial charge is 0.375 e. The fourth-order valence-electron chi connectivity index (χ4n) is 3.40. The summed E-state index contributed by atoms with van der Waals surface area (Å²) in [6.07, 6.45) is 5.51. The average Bonchev–Trinajstić information content (AvgIpc) is 3.04. The third-order valence-electron chi connectivity index (χ3n) is 4.30. The second kappa shape index (κ2) is 6.32. The lowest BCUT2D eigenvalue weighted by atomic mass is 10.1. The van der Waals surface area contributed by atoms with E-state index < -0.39 is 0 Å². The summed E-state index contributed by atoms with van der Waals surface area (Å²) >= 11 is 1.59. The number of fused-ring (bicyclic) bond motifs is 1. The van der Waals surface area contributed by atoms with E-state index in [4.69, 9.17) is 5.73 Å².